The second-order valence-corrected chi connectivity index (χ2v) is 9.10. The summed E-state index contributed by atoms with van der Waals surface area (Å²) in [5.74, 6) is 0.971. The molecule has 11 heteroatoms. The second-order valence-electron chi connectivity index (χ2n) is 9.10. The fourth-order valence-corrected chi connectivity index (χ4v) is 3.82. The van der Waals surface area contributed by atoms with Crippen LogP contribution in [-0.2, 0) is 4.74 Å². The third-order valence-electron chi connectivity index (χ3n) is 5.57. The number of ether oxygens (including phenoxy) is 1. The van der Waals surface area contributed by atoms with Gasteiger partial charge in [0.25, 0.3) is 0 Å². The first-order chi connectivity index (χ1) is 13.9. The number of amides is 1. The molecule has 0 radical (unpaired) electrons. The van der Waals surface area contributed by atoms with E-state index >= 15 is 0 Å². The summed E-state index contributed by atoms with van der Waals surface area (Å²) in [6.07, 6.45) is -2.58. The second kappa shape index (κ2) is 11.8. The first-order valence-electron chi connectivity index (χ1n) is 10.6. The van der Waals surface area contributed by atoms with E-state index in [1.54, 1.807) is 11.9 Å². The van der Waals surface area contributed by atoms with Gasteiger partial charge in [0.15, 0.2) is 5.96 Å². The summed E-state index contributed by atoms with van der Waals surface area (Å²) in [5, 5.41) is 3.35. The number of hydrogen-bond acceptors (Lipinski definition) is 4. The Balaban J connectivity index is 0.00000480. The summed E-state index contributed by atoms with van der Waals surface area (Å²) < 4.78 is 44.3. The summed E-state index contributed by atoms with van der Waals surface area (Å²) in [4.78, 5) is 21.8. The number of nitrogens with one attached hydrogen (secondary N) is 1. The van der Waals surface area contributed by atoms with Crippen LogP contribution in [0.25, 0.3) is 0 Å². The van der Waals surface area contributed by atoms with Gasteiger partial charge in [-0.25, -0.2) is 4.79 Å². The molecule has 2 fully saturated rings. The van der Waals surface area contributed by atoms with Gasteiger partial charge in [-0.3, -0.25) is 9.89 Å². The first kappa shape index (κ1) is 28.1. The van der Waals surface area contributed by atoms with Gasteiger partial charge in [0.05, 0.1) is 0 Å². The lowest BCUT2D eigenvalue weighted by Crippen LogP contribution is -2.57. The highest BCUT2D eigenvalue weighted by atomic mass is 127. The van der Waals surface area contributed by atoms with Crippen LogP contribution in [0.3, 0.4) is 0 Å². The number of likely N-dealkylation sites (tertiary alicyclic amines) is 1. The predicted octanol–water partition coefficient (Wildman–Crippen LogP) is 3.40. The van der Waals surface area contributed by atoms with Crippen LogP contribution in [0.1, 0.15) is 40.5 Å². The molecular weight excluding hydrogens is 526 g/mol. The summed E-state index contributed by atoms with van der Waals surface area (Å²) in [7, 11) is 1.68. The molecule has 0 aromatic rings. The summed E-state index contributed by atoms with van der Waals surface area (Å²) >= 11 is 0. The van der Waals surface area contributed by atoms with Crippen LogP contribution in [-0.4, -0.2) is 97.4 Å². The normalized spacial score (nSPS) is 22.6. The van der Waals surface area contributed by atoms with Crippen molar-refractivity contribution in [3.63, 3.8) is 0 Å². The summed E-state index contributed by atoms with van der Waals surface area (Å²) in [6, 6.07) is -1.43. The summed E-state index contributed by atoms with van der Waals surface area (Å²) in [5.41, 5.74) is -0.518. The maximum absolute atomic E-state index is 12.9. The lowest BCUT2D eigenvalue weighted by atomic mass is 9.98. The zero-order valence-corrected chi connectivity index (χ0v) is 21.5. The molecule has 2 unspecified atom stereocenters. The molecule has 31 heavy (non-hydrogen) atoms. The molecule has 0 aromatic carbocycles. The first-order valence-corrected chi connectivity index (χ1v) is 10.6. The molecular formula is C20H37F3IN5O2. The SMILES string of the molecule is CN=C(NCC1CCCN(C(=O)OC(C)(C)C)C1)N1CCN(C(C)C(F)(F)F)CC1.I. The van der Waals surface area contributed by atoms with Crippen molar-refractivity contribution in [2.75, 3.05) is 52.9 Å². The quantitative estimate of drug-likeness (QED) is 0.324. The van der Waals surface area contributed by atoms with Crippen LogP contribution in [0.5, 0.6) is 0 Å². The van der Waals surface area contributed by atoms with Gasteiger partial charge in [0.1, 0.15) is 11.6 Å². The van der Waals surface area contributed by atoms with E-state index in [-0.39, 0.29) is 36.0 Å². The van der Waals surface area contributed by atoms with Crippen molar-refractivity contribution in [2.45, 2.75) is 58.4 Å². The van der Waals surface area contributed by atoms with Crippen LogP contribution in [0.15, 0.2) is 4.99 Å². The third-order valence-corrected chi connectivity index (χ3v) is 5.57. The fraction of sp³-hybridized carbons (Fsp3) is 0.900. The van der Waals surface area contributed by atoms with Gasteiger partial charge in [0, 0.05) is 52.9 Å². The molecule has 2 heterocycles. The van der Waals surface area contributed by atoms with E-state index in [1.807, 2.05) is 25.7 Å². The smallest absolute Gasteiger partial charge is 0.410 e. The zero-order valence-electron chi connectivity index (χ0n) is 19.2. The number of rotatable bonds is 3. The third kappa shape index (κ3) is 8.82. The number of guanidine groups is 1. The topological polar surface area (TPSA) is 60.4 Å². The van der Waals surface area contributed by atoms with Crippen molar-refractivity contribution in [1.82, 2.24) is 20.0 Å². The van der Waals surface area contributed by atoms with E-state index in [9.17, 15) is 18.0 Å². The molecule has 0 spiro atoms. The van der Waals surface area contributed by atoms with E-state index in [2.05, 4.69) is 10.3 Å². The van der Waals surface area contributed by atoms with Crippen LogP contribution in [0, 0.1) is 5.92 Å². The molecule has 2 saturated heterocycles. The van der Waals surface area contributed by atoms with Crippen LogP contribution < -0.4 is 5.32 Å². The number of hydrogen-bond donors (Lipinski definition) is 1. The number of aliphatic imine (C=N–C) groups is 1. The minimum atomic E-state index is -4.21. The minimum absolute atomic E-state index is 0. The Kier molecular flexibility index (Phi) is 10.6. The molecule has 1 amide bonds. The average molecular weight is 563 g/mol. The molecule has 2 atom stereocenters. The number of carbonyl (C=O) groups is 1. The molecule has 2 rings (SSSR count). The Morgan fingerprint density at radius 3 is 2.26 bits per heavy atom. The lowest BCUT2D eigenvalue weighted by Gasteiger charge is -2.40. The van der Waals surface area contributed by atoms with Crippen LogP contribution in [0.4, 0.5) is 18.0 Å². The highest BCUT2D eigenvalue weighted by molar-refractivity contribution is 14.0. The van der Waals surface area contributed by atoms with Gasteiger partial charge in [-0.05, 0) is 46.5 Å². The maximum atomic E-state index is 12.9. The minimum Gasteiger partial charge on any atom is -0.444 e. The Hall–Kier alpha value is -0.980. The molecule has 1 N–H and O–H groups in total. The van der Waals surface area contributed by atoms with E-state index in [0.29, 0.717) is 51.8 Å². The highest BCUT2D eigenvalue weighted by Gasteiger charge is 2.41. The van der Waals surface area contributed by atoms with Crippen molar-refractivity contribution < 1.29 is 22.7 Å². The van der Waals surface area contributed by atoms with Gasteiger partial charge in [-0.2, -0.15) is 13.2 Å². The number of piperidine rings is 1. The number of piperazine rings is 1. The molecule has 0 aliphatic carbocycles. The Bertz CT molecular complexity index is 605. The Morgan fingerprint density at radius 1 is 1.13 bits per heavy atom. The van der Waals surface area contributed by atoms with Crippen molar-refractivity contribution >= 4 is 36.0 Å². The standard InChI is InChI=1S/C20H36F3N5O2.HI/c1-15(20(21,22)23)26-9-11-27(12-10-26)17(24-5)25-13-16-7-6-8-28(14-16)18(29)30-19(2,3)4;/h15-16H,6-14H2,1-5H3,(H,24,25);1H. The van der Waals surface area contributed by atoms with Gasteiger partial charge >= 0.3 is 12.3 Å². The Morgan fingerprint density at radius 2 is 1.74 bits per heavy atom. The van der Waals surface area contributed by atoms with Crippen molar-refractivity contribution in [2.24, 2.45) is 10.9 Å². The molecule has 182 valence electrons. The average Bonchev–Trinajstić information content (AvgIpc) is 2.66. The molecule has 0 saturated carbocycles. The van der Waals surface area contributed by atoms with Crippen molar-refractivity contribution in [3.8, 4) is 0 Å². The van der Waals surface area contributed by atoms with Gasteiger partial charge in [-0.15, -0.1) is 24.0 Å². The predicted molar refractivity (Wildman–Crippen MR) is 126 cm³/mol. The molecule has 2 aliphatic rings. The molecule has 7 nitrogen and oxygen atoms in total. The zero-order chi connectivity index (χ0) is 22.5. The number of carbonyl (C=O) groups excluding carboxylic acids is 1. The molecule has 0 bridgehead atoms. The largest absolute Gasteiger partial charge is 0.444 e. The van der Waals surface area contributed by atoms with Crippen LogP contribution in [0.2, 0.25) is 0 Å². The molecule has 2 aliphatic heterocycles. The van der Waals surface area contributed by atoms with Crippen molar-refractivity contribution in [3.05, 3.63) is 0 Å². The van der Waals surface area contributed by atoms with E-state index in [0.717, 1.165) is 12.8 Å². The van der Waals surface area contributed by atoms with Crippen LogP contribution >= 0.6 is 24.0 Å². The van der Waals surface area contributed by atoms with Gasteiger partial charge < -0.3 is 19.9 Å². The number of alkyl halides is 3. The molecule has 0 aromatic heterocycles. The summed E-state index contributed by atoms with van der Waals surface area (Å²) in [6.45, 7) is 10.4. The highest BCUT2D eigenvalue weighted by Crippen LogP contribution is 2.25. The maximum Gasteiger partial charge on any atom is 0.410 e. The van der Waals surface area contributed by atoms with Gasteiger partial charge in [-0.1, -0.05) is 0 Å². The fourth-order valence-electron chi connectivity index (χ4n) is 3.82. The van der Waals surface area contributed by atoms with E-state index < -0.39 is 17.8 Å². The van der Waals surface area contributed by atoms with Gasteiger partial charge in [0.2, 0.25) is 0 Å². The van der Waals surface area contributed by atoms with E-state index in [1.165, 1.54) is 11.8 Å². The Labute approximate surface area is 200 Å². The monoisotopic (exact) mass is 563 g/mol. The number of nitrogens with zero attached hydrogens (tertiary/aromatic N) is 4. The lowest BCUT2D eigenvalue weighted by molar-refractivity contribution is -0.181. The van der Waals surface area contributed by atoms with Crippen molar-refractivity contribution in [1.29, 1.82) is 0 Å². The van der Waals surface area contributed by atoms with E-state index in [4.69, 9.17) is 4.74 Å². The number of halogens is 4.